The van der Waals surface area contributed by atoms with E-state index in [-0.39, 0.29) is 30.5 Å². The standard InChI is InChI=1S/C18H20N2O6/c1-19-8-12-6-13(5-4-11(12)7-15(19)21)20-10-26-9-14(17(22)24-2)16(20)18(23)25-3/h4-6H,7-10H2,1-3H3. The summed E-state index contributed by atoms with van der Waals surface area (Å²) in [7, 11) is 4.25. The summed E-state index contributed by atoms with van der Waals surface area (Å²) in [6.45, 7) is 0.548. The normalized spacial score (nSPS) is 17.1. The fraction of sp³-hybridized carbons (Fsp3) is 0.389. The van der Waals surface area contributed by atoms with E-state index in [0.717, 1.165) is 11.1 Å². The Labute approximate surface area is 150 Å². The molecule has 0 N–H and O–H groups in total. The van der Waals surface area contributed by atoms with Crippen LogP contribution in [0.4, 0.5) is 5.69 Å². The van der Waals surface area contributed by atoms with Crippen LogP contribution in [0.2, 0.25) is 0 Å². The molecular formula is C18H20N2O6. The molecule has 1 amide bonds. The van der Waals surface area contributed by atoms with Gasteiger partial charge in [0.15, 0.2) is 0 Å². The van der Waals surface area contributed by atoms with E-state index >= 15 is 0 Å². The summed E-state index contributed by atoms with van der Waals surface area (Å²) in [6, 6.07) is 5.55. The Morgan fingerprint density at radius 3 is 2.54 bits per heavy atom. The van der Waals surface area contributed by atoms with Gasteiger partial charge in [-0.25, -0.2) is 9.59 Å². The number of hydrogen-bond donors (Lipinski definition) is 0. The fourth-order valence-corrected chi connectivity index (χ4v) is 3.09. The van der Waals surface area contributed by atoms with Gasteiger partial charge < -0.3 is 24.0 Å². The summed E-state index contributed by atoms with van der Waals surface area (Å²) in [5.74, 6) is -1.22. The lowest BCUT2D eigenvalue weighted by Gasteiger charge is -2.32. The second-order valence-corrected chi connectivity index (χ2v) is 6.10. The van der Waals surface area contributed by atoms with Crippen LogP contribution in [-0.2, 0) is 41.6 Å². The molecule has 2 heterocycles. The predicted molar refractivity (Wildman–Crippen MR) is 91.0 cm³/mol. The molecule has 0 radical (unpaired) electrons. The fourth-order valence-electron chi connectivity index (χ4n) is 3.09. The molecule has 2 aliphatic heterocycles. The average molecular weight is 360 g/mol. The van der Waals surface area contributed by atoms with Gasteiger partial charge in [0.05, 0.1) is 32.8 Å². The number of methoxy groups -OCH3 is 2. The van der Waals surface area contributed by atoms with Gasteiger partial charge in [-0.05, 0) is 23.3 Å². The van der Waals surface area contributed by atoms with Crippen molar-refractivity contribution in [3.63, 3.8) is 0 Å². The maximum atomic E-state index is 12.3. The van der Waals surface area contributed by atoms with E-state index in [9.17, 15) is 14.4 Å². The van der Waals surface area contributed by atoms with E-state index in [2.05, 4.69) is 0 Å². The van der Waals surface area contributed by atoms with E-state index in [1.165, 1.54) is 14.2 Å². The van der Waals surface area contributed by atoms with Gasteiger partial charge in [0.1, 0.15) is 12.4 Å². The van der Waals surface area contributed by atoms with Crippen molar-refractivity contribution in [3.05, 3.63) is 40.6 Å². The third-order valence-electron chi connectivity index (χ3n) is 4.51. The highest BCUT2D eigenvalue weighted by Gasteiger charge is 2.33. The number of hydrogen-bond acceptors (Lipinski definition) is 7. The number of rotatable bonds is 3. The first-order valence-electron chi connectivity index (χ1n) is 8.07. The molecule has 8 nitrogen and oxygen atoms in total. The van der Waals surface area contributed by atoms with Gasteiger partial charge in [-0.1, -0.05) is 6.07 Å². The van der Waals surface area contributed by atoms with Gasteiger partial charge in [0.2, 0.25) is 5.91 Å². The van der Waals surface area contributed by atoms with E-state index in [1.807, 2.05) is 12.1 Å². The van der Waals surface area contributed by atoms with Crippen LogP contribution >= 0.6 is 0 Å². The monoisotopic (exact) mass is 360 g/mol. The number of benzene rings is 1. The zero-order valence-corrected chi connectivity index (χ0v) is 14.9. The molecule has 1 aromatic carbocycles. The first kappa shape index (κ1) is 17.9. The highest BCUT2D eigenvalue weighted by atomic mass is 16.5. The number of likely N-dealkylation sites (N-methyl/N-ethyl adjacent to an activating group) is 1. The number of ether oxygens (including phenoxy) is 3. The van der Waals surface area contributed by atoms with Crippen molar-refractivity contribution in [2.24, 2.45) is 0 Å². The minimum absolute atomic E-state index is 0.0320. The minimum Gasteiger partial charge on any atom is -0.466 e. The topological polar surface area (TPSA) is 85.4 Å². The predicted octanol–water partition coefficient (Wildman–Crippen LogP) is 0.595. The Balaban J connectivity index is 2.04. The van der Waals surface area contributed by atoms with Crippen LogP contribution in [0.3, 0.4) is 0 Å². The number of carbonyl (C=O) groups is 3. The van der Waals surface area contributed by atoms with E-state index in [4.69, 9.17) is 14.2 Å². The van der Waals surface area contributed by atoms with Crippen molar-refractivity contribution in [2.45, 2.75) is 13.0 Å². The van der Waals surface area contributed by atoms with Gasteiger partial charge in [0.25, 0.3) is 0 Å². The maximum absolute atomic E-state index is 12.3. The van der Waals surface area contributed by atoms with Crippen molar-refractivity contribution >= 4 is 23.5 Å². The number of amides is 1. The number of fused-ring (bicyclic) bond motifs is 1. The first-order chi connectivity index (χ1) is 12.5. The summed E-state index contributed by atoms with van der Waals surface area (Å²) < 4.78 is 15.1. The molecule has 8 heteroatoms. The third-order valence-corrected chi connectivity index (χ3v) is 4.51. The van der Waals surface area contributed by atoms with Crippen LogP contribution in [0, 0.1) is 0 Å². The molecule has 1 aromatic rings. The smallest absolute Gasteiger partial charge is 0.355 e. The van der Waals surface area contributed by atoms with Crippen LogP contribution < -0.4 is 4.90 Å². The van der Waals surface area contributed by atoms with Crippen molar-refractivity contribution in [1.29, 1.82) is 0 Å². The van der Waals surface area contributed by atoms with Gasteiger partial charge in [0, 0.05) is 19.3 Å². The van der Waals surface area contributed by atoms with Crippen molar-refractivity contribution in [2.75, 3.05) is 39.5 Å². The second kappa shape index (κ2) is 7.17. The molecule has 3 rings (SSSR count). The molecule has 0 fully saturated rings. The van der Waals surface area contributed by atoms with E-state index in [1.54, 1.807) is 22.9 Å². The van der Waals surface area contributed by atoms with Crippen LogP contribution in [-0.4, -0.2) is 57.4 Å². The highest BCUT2D eigenvalue weighted by molar-refractivity contribution is 6.03. The Hall–Kier alpha value is -2.87. The molecule has 0 saturated heterocycles. The lowest BCUT2D eigenvalue weighted by Crippen LogP contribution is -2.39. The van der Waals surface area contributed by atoms with Gasteiger partial charge in [-0.15, -0.1) is 0 Å². The summed E-state index contributed by atoms with van der Waals surface area (Å²) in [5.41, 5.74) is 2.82. The summed E-state index contributed by atoms with van der Waals surface area (Å²) in [4.78, 5) is 39.5. The molecule has 0 spiro atoms. The van der Waals surface area contributed by atoms with Crippen LogP contribution in [0.5, 0.6) is 0 Å². The average Bonchev–Trinajstić information content (AvgIpc) is 2.66. The van der Waals surface area contributed by atoms with Crippen LogP contribution in [0.25, 0.3) is 0 Å². The largest absolute Gasteiger partial charge is 0.466 e. The molecular weight excluding hydrogens is 340 g/mol. The lowest BCUT2D eigenvalue weighted by molar-refractivity contribution is -0.140. The molecule has 0 aromatic heterocycles. The van der Waals surface area contributed by atoms with Gasteiger partial charge in [-0.2, -0.15) is 0 Å². The molecule has 138 valence electrons. The molecule has 2 aliphatic rings. The Bertz CT molecular complexity index is 801. The zero-order chi connectivity index (χ0) is 18.8. The molecule has 0 unspecified atom stereocenters. The number of carbonyl (C=O) groups excluding carboxylic acids is 3. The van der Waals surface area contributed by atoms with Gasteiger partial charge in [-0.3, -0.25) is 4.79 Å². The van der Waals surface area contributed by atoms with Crippen molar-refractivity contribution < 1.29 is 28.6 Å². The number of esters is 2. The SMILES string of the molecule is COC(=O)C1=C(C(=O)OC)N(c2ccc3c(c2)CN(C)C(=O)C3)COC1. The second-order valence-electron chi connectivity index (χ2n) is 6.10. The molecule has 0 saturated carbocycles. The summed E-state index contributed by atoms with van der Waals surface area (Å²) in [5, 5.41) is 0. The van der Waals surface area contributed by atoms with Crippen molar-refractivity contribution in [3.8, 4) is 0 Å². The Morgan fingerprint density at radius 1 is 1.12 bits per heavy atom. The molecule has 26 heavy (non-hydrogen) atoms. The highest BCUT2D eigenvalue weighted by Crippen LogP contribution is 2.30. The first-order valence-corrected chi connectivity index (χ1v) is 8.07. The van der Waals surface area contributed by atoms with Gasteiger partial charge >= 0.3 is 11.9 Å². The number of anilines is 1. The number of nitrogens with zero attached hydrogens (tertiary/aromatic N) is 2. The quantitative estimate of drug-likeness (QED) is 0.730. The van der Waals surface area contributed by atoms with E-state index < -0.39 is 11.9 Å². The minimum atomic E-state index is -0.640. The van der Waals surface area contributed by atoms with Crippen LogP contribution in [0.1, 0.15) is 11.1 Å². The molecule has 0 bridgehead atoms. The summed E-state index contributed by atoms with van der Waals surface area (Å²) >= 11 is 0. The third kappa shape index (κ3) is 3.15. The van der Waals surface area contributed by atoms with Crippen molar-refractivity contribution in [1.82, 2.24) is 4.90 Å². The summed E-state index contributed by atoms with van der Waals surface area (Å²) in [6.07, 6.45) is 0.343. The Kier molecular flexibility index (Phi) is 4.94. The maximum Gasteiger partial charge on any atom is 0.355 e. The Morgan fingerprint density at radius 2 is 1.85 bits per heavy atom. The molecule has 0 atom stereocenters. The lowest BCUT2D eigenvalue weighted by atomic mass is 9.98. The van der Waals surface area contributed by atoms with E-state index in [0.29, 0.717) is 18.7 Å². The van der Waals surface area contributed by atoms with Crippen LogP contribution in [0.15, 0.2) is 29.5 Å². The molecule has 0 aliphatic carbocycles. The zero-order valence-electron chi connectivity index (χ0n) is 14.9.